The van der Waals surface area contributed by atoms with E-state index >= 15 is 0 Å². The molecule has 2 aliphatic rings. The zero-order chi connectivity index (χ0) is 12.6. The minimum atomic E-state index is 0.835. The van der Waals surface area contributed by atoms with E-state index in [1.54, 1.807) is 0 Å². The van der Waals surface area contributed by atoms with E-state index in [2.05, 4.69) is 17.1 Å². The van der Waals surface area contributed by atoms with Crippen LogP contribution in [0.2, 0.25) is 0 Å². The minimum Gasteiger partial charge on any atom is -0.314 e. The molecule has 0 spiro atoms. The molecule has 2 heteroatoms. The topological polar surface area (TPSA) is 15.3 Å². The number of nitrogens with zero attached hydrogens (tertiary/aromatic N) is 1. The van der Waals surface area contributed by atoms with Crippen molar-refractivity contribution in [1.82, 2.24) is 10.2 Å². The Morgan fingerprint density at radius 2 is 1.78 bits per heavy atom. The van der Waals surface area contributed by atoms with Gasteiger partial charge in [-0.15, -0.1) is 0 Å². The van der Waals surface area contributed by atoms with Crippen molar-refractivity contribution in [2.45, 2.75) is 83.2 Å². The summed E-state index contributed by atoms with van der Waals surface area (Å²) in [6.07, 6.45) is 14.2. The third-order valence-electron chi connectivity index (χ3n) is 4.88. The largest absolute Gasteiger partial charge is 0.314 e. The van der Waals surface area contributed by atoms with Gasteiger partial charge in [0.15, 0.2) is 0 Å². The van der Waals surface area contributed by atoms with Crippen LogP contribution in [0.25, 0.3) is 0 Å². The summed E-state index contributed by atoms with van der Waals surface area (Å²) < 4.78 is 0. The van der Waals surface area contributed by atoms with E-state index in [0.717, 1.165) is 12.1 Å². The molecule has 0 amide bonds. The molecular weight excluding hydrogens is 220 g/mol. The molecule has 1 aliphatic heterocycles. The number of rotatable bonds is 6. The molecule has 0 aromatic heterocycles. The second-order valence-electron chi connectivity index (χ2n) is 6.24. The molecule has 1 saturated heterocycles. The molecule has 1 heterocycles. The zero-order valence-corrected chi connectivity index (χ0v) is 12.3. The molecule has 1 aliphatic carbocycles. The SMILES string of the molecule is CCC1CCCCN1CCCNC1CCCCC1. The summed E-state index contributed by atoms with van der Waals surface area (Å²) >= 11 is 0. The number of nitrogens with one attached hydrogen (secondary N) is 1. The van der Waals surface area contributed by atoms with Crippen molar-refractivity contribution in [3.05, 3.63) is 0 Å². The molecule has 1 saturated carbocycles. The lowest BCUT2D eigenvalue weighted by Gasteiger charge is -2.35. The molecule has 2 nitrogen and oxygen atoms in total. The smallest absolute Gasteiger partial charge is 0.00926 e. The predicted octanol–water partition coefficient (Wildman–Crippen LogP) is 3.56. The van der Waals surface area contributed by atoms with Crippen LogP contribution in [0, 0.1) is 0 Å². The molecule has 2 fully saturated rings. The Morgan fingerprint density at radius 1 is 1.00 bits per heavy atom. The lowest BCUT2D eigenvalue weighted by Crippen LogP contribution is -2.41. The fraction of sp³-hybridized carbons (Fsp3) is 1.00. The van der Waals surface area contributed by atoms with Gasteiger partial charge < -0.3 is 10.2 Å². The van der Waals surface area contributed by atoms with Crippen molar-refractivity contribution in [1.29, 1.82) is 0 Å². The average molecular weight is 252 g/mol. The number of hydrogen-bond donors (Lipinski definition) is 1. The van der Waals surface area contributed by atoms with Gasteiger partial charge in [-0.25, -0.2) is 0 Å². The molecule has 0 bridgehead atoms. The van der Waals surface area contributed by atoms with Crippen LogP contribution in [0.5, 0.6) is 0 Å². The summed E-state index contributed by atoms with van der Waals surface area (Å²) in [5, 5.41) is 3.77. The lowest BCUT2D eigenvalue weighted by atomic mass is 9.95. The third-order valence-corrected chi connectivity index (χ3v) is 4.88. The normalized spacial score (nSPS) is 27.5. The molecule has 0 radical (unpaired) electrons. The van der Waals surface area contributed by atoms with Crippen LogP contribution in [-0.4, -0.2) is 36.6 Å². The Labute approximate surface area is 114 Å². The summed E-state index contributed by atoms with van der Waals surface area (Å²) in [7, 11) is 0. The molecule has 0 aromatic rings. The van der Waals surface area contributed by atoms with E-state index in [9.17, 15) is 0 Å². The van der Waals surface area contributed by atoms with Gasteiger partial charge in [0.25, 0.3) is 0 Å². The summed E-state index contributed by atoms with van der Waals surface area (Å²) in [6, 6.07) is 1.72. The van der Waals surface area contributed by atoms with Crippen molar-refractivity contribution in [2.75, 3.05) is 19.6 Å². The first-order valence-electron chi connectivity index (χ1n) is 8.37. The first kappa shape index (κ1) is 14.3. The summed E-state index contributed by atoms with van der Waals surface area (Å²) in [4.78, 5) is 2.74. The highest BCUT2D eigenvalue weighted by Crippen LogP contribution is 2.20. The van der Waals surface area contributed by atoms with Gasteiger partial charge in [-0.1, -0.05) is 32.6 Å². The molecule has 0 aromatic carbocycles. The van der Waals surface area contributed by atoms with E-state index in [-0.39, 0.29) is 0 Å². The second kappa shape index (κ2) is 8.16. The quantitative estimate of drug-likeness (QED) is 0.727. The van der Waals surface area contributed by atoms with Gasteiger partial charge in [0.2, 0.25) is 0 Å². The maximum atomic E-state index is 3.77. The van der Waals surface area contributed by atoms with E-state index in [1.807, 2.05) is 0 Å². The summed E-state index contributed by atoms with van der Waals surface area (Å²) in [5.74, 6) is 0. The predicted molar refractivity (Wildman–Crippen MR) is 79.0 cm³/mol. The maximum absolute atomic E-state index is 3.77. The second-order valence-corrected chi connectivity index (χ2v) is 6.24. The van der Waals surface area contributed by atoms with E-state index in [0.29, 0.717) is 0 Å². The van der Waals surface area contributed by atoms with Crippen LogP contribution in [0.4, 0.5) is 0 Å². The Kier molecular flexibility index (Phi) is 6.50. The van der Waals surface area contributed by atoms with Gasteiger partial charge in [0.05, 0.1) is 0 Å². The molecule has 1 unspecified atom stereocenters. The first-order chi connectivity index (χ1) is 8.90. The zero-order valence-electron chi connectivity index (χ0n) is 12.3. The average Bonchev–Trinajstić information content (AvgIpc) is 2.45. The van der Waals surface area contributed by atoms with Crippen molar-refractivity contribution in [3.8, 4) is 0 Å². The minimum absolute atomic E-state index is 0.835. The standard InChI is InChI=1S/C16H32N2/c1-2-16-11-6-7-13-18(16)14-8-12-17-15-9-4-3-5-10-15/h15-17H,2-14H2,1H3. The van der Waals surface area contributed by atoms with Crippen LogP contribution < -0.4 is 5.32 Å². The number of hydrogen-bond acceptors (Lipinski definition) is 2. The van der Waals surface area contributed by atoms with Crippen molar-refractivity contribution in [3.63, 3.8) is 0 Å². The Balaban J connectivity index is 1.56. The summed E-state index contributed by atoms with van der Waals surface area (Å²) in [6.45, 7) is 6.25. The molecule has 2 rings (SSSR count). The Hall–Kier alpha value is -0.0800. The van der Waals surface area contributed by atoms with Crippen LogP contribution >= 0.6 is 0 Å². The number of piperidine rings is 1. The maximum Gasteiger partial charge on any atom is 0.00926 e. The van der Waals surface area contributed by atoms with Crippen LogP contribution in [-0.2, 0) is 0 Å². The fourth-order valence-corrected chi connectivity index (χ4v) is 3.71. The van der Waals surface area contributed by atoms with Crippen LogP contribution in [0.1, 0.15) is 71.1 Å². The van der Waals surface area contributed by atoms with Crippen molar-refractivity contribution >= 4 is 0 Å². The Bertz CT molecular complexity index is 211. The van der Waals surface area contributed by atoms with E-state index < -0.39 is 0 Å². The van der Waals surface area contributed by atoms with Gasteiger partial charge in [0.1, 0.15) is 0 Å². The van der Waals surface area contributed by atoms with Gasteiger partial charge in [0, 0.05) is 12.1 Å². The van der Waals surface area contributed by atoms with Gasteiger partial charge >= 0.3 is 0 Å². The highest BCUT2D eigenvalue weighted by molar-refractivity contribution is 4.76. The highest BCUT2D eigenvalue weighted by atomic mass is 15.2. The molecule has 1 atom stereocenters. The lowest BCUT2D eigenvalue weighted by molar-refractivity contribution is 0.141. The molecule has 1 N–H and O–H groups in total. The van der Waals surface area contributed by atoms with Gasteiger partial charge in [-0.05, 0) is 58.2 Å². The molecular formula is C16H32N2. The molecule has 18 heavy (non-hydrogen) atoms. The van der Waals surface area contributed by atoms with Crippen molar-refractivity contribution in [2.24, 2.45) is 0 Å². The van der Waals surface area contributed by atoms with E-state index in [4.69, 9.17) is 0 Å². The van der Waals surface area contributed by atoms with E-state index in [1.165, 1.54) is 83.8 Å². The number of likely N-dealkylation sites (tertiary alicyclic amines) is 1. The van der Waals surface area contributed by atoms with Gasteiger partial charge in [-0.3, -0.25) is 0 Å². The molecule has 106 valence electrons. The van der Waals surface area contributed by atoms with Gasteiger partial charge in [-0.2, -0.15) is 0 Å². The highest BCUT2D eigenvalue weighted by Gasteiger charge is 2.20. The van der Waals surface area contributed by atoms with Crippen molar-refractivity contribution < 1.29 is 0 Å². The van der Waals surface area contributed by atoms with Crippen LogP contribution in [0.3, 0.4) is 0 Å². The first-order valence-corrected chi connectivity index (χ1v) is 8.37. The monoisotopic (exact) mass is 252 g/mol. The third kappa shape index (κ3) is 4.55. The Morgan fingerprint density at radius 3 is 2.56 bits per heavy atom. The fourth-order valence-electron chi connectivity index (χ4n) is 3.71. The summed E-state index contributed by atoms with van der Waals surface area (Å²) in [5.41, 5.74) is 0. The van der Waals surface area contributed by atoms with Crippen LogP contribution in [0.15, 0.2) is 0 Å².